The van der Waals surface area contributed by atoms with Gasteiger partial charge in [-0.3, -0.25) is 0 Å². The van der Waals surface area contributed by atoms with Crippen molar-refractivity contribution in [3.63, 3.8) is 0 Å². The minimum absolute atomic E-state index is 0.196. The van der Waals surface area contributed by atoms with Gasteiger partial charge in [-0.2, -0.15) is 0 Å². The van der Waals surface area contributed by atoms with Crippen molar-refractivity contribution in [3.8, 4) is 0 Å². The first-order chi connectivity index (χ1) is 8.86. The van der Waals surface area contributed by atoms with Gasteiger partial charge in [-0.1, -0.05) is 0 Å². The summed E-state index contributed by atoms with van der Waals surface area (Å²) < 4.78 is 3.41. The molecule has 3 rings (SSSR count). The third-order valence-electron chi connectivity index (χ3n) is 3.59. The molecule has 0 saturated carbocycles. The molecule has 1 unspecified atom stereocenters. The van der Waals surface area contributed by atoms with Crippen molar-refractivity contribution in [1.29, 1.82) is 0 Å². The summed E-state index contributed by atoms with van der Waals surface area (Å²) in [6.45, 7) is 0. The van der Waals surface area contributed by atoms with Crippen LogP contribution in [-0.2, 0) is 0 Å². The summed E-state index contributed by atoms with van der Waals surface area (Å²) in [6, 6.07) is 8.54. The Hall–Kier alpha value is -1.05. The quantitative estimate of drug-likeness (QED) is 0.586. The predicted octanol–water partition coefficient (Wildman–Crippen LogP) is 3.12. The first-order valence-electron chi connectivity index (χ1n) is 6.62. The molecule has 1 aliphatic rings. The molecule has 0 N–H and O–H groups in total. The van der Waals surface area contributed by atoms with E-state index in [1.165, 1.54) is 17.1 Å². The average molecular weight is 306 g/mol. The zero-order valence-corrected chi connectivity index (χ0v) is 12.1. The Kier molecular flexibility index (Phi) is 3.53. The molecule has 0 fully saturated rings. The molecule has 2 aromatic rings. The van der Waals surface area contributed by atoms with Gasteiger partial charge in [0.25, 0.3) is 0 Å². The molecule has 2 nitrogen and oxygen atoms in total. The van der Waals surface area contributed by atoms with E-state index in [9.17, 15) is 4.79 Å². The number of fused-ring (bicyclic) bond motifs is 1. The van der Waals surface area contributed by atoms with E-state index >= 15 is 0 Å². The van der Waals surface area contributed by atoms with Gasteiger partial charge in [0.2, 0.25) is 0 Å². The molecular formula is C15H17NOSe. The van der Waals surface area contributed by atoms with Gasteiger partial charge in [-0.15, -0.1) is 0 Å². The van der Waals surface area contributed by atoms with Crippen LogP contribution in [0.15, 0.2) is 41.2 Å². The SMILES string of the molecule is O=c1c2ccccc2[se]n1C1CC/C=C\CCC1. The van der Waals surface area contributed by atoms with Gasteiger partial charge < -0.3 is 0 Å². The van der Waals surface area contributed by atoms with Gasteiger partial charge in [0, 0.05) is 0 Å². The Morgan fingerprint density at radius 2 is 1.94 bits per heavy atom. The molecule has 1 atom stereocenters. The third-order valence-corrected chi connectivity index (χ3v) is 6.13. The fraction of sp³-hybridized carbons (Fsp3) is 0.400. The summed E-state index contributed by atoms with van der Waals surface area (Å²) in [5.74, 6) is 0. The number of nitrogens with zero attached hydrogens (tertiary/aromatic N) is 1. The Morgan fingerprint density at radius 3 is 2.83 bits per heavy atom. The molecule has 18 heavy (non-hydrogen) atoms. The van der Waals surface area contributed by atoms with Crippen LogP contribution in [0.3, 0.4) is 0 Å². The molecule has 0 spiro atoms. The average Bonchev–Trinajstić information content (AvgIpc) is 2.67. The van der Waals surface area contributed by atoms with Crippen LogP contribution in [-0.4, -0.2) is 18.3 Å². The van der Waals surface area contributed by atoms with E-state index in [1.807, 2.05) is 18.2 Å². The zero-order valence-electron chi connectivity index (χ0n) is 10.3. The van der Waals surface area contributed by atoms with E-state index in [4.69, 9.17) is 0 Å². The van der Waals surface area contributed by atoms with Crippen LogP contribution in [0.25, 0.3) is 9.65 Å². The van der Waals surface area contributed by atoms with Gasteiger partial charge in [-0.25, -0.2) is 0 Å². The fourth-order valence-corrected chi connectivity index (χ4v) is 5.01. The van der Waals surface area contributed by atoms with Crippen molar-refractivity contribution in [1.82, 2.24) is 3.56 Å². The van der Waals surface area contributed by atoms with Gasteiger partial charge >= 0.3 is 113 Å². The standard InChI is InChI=1S/C15H17NOSe/c17-15-13-10-6-7-11-14(13)18-16(15)12-8-4-2-1-3-5-9-12/h1-2,6-7,10-12H,3-5,8-9H2/b2-1-. The van der Waals surface area contributed by atoms with Crippen LogP contribution in [0.1, 0.15) is 38.1 Å². The molecule has 0 saturated heterocycles. The minimum atomic E-state index is 0.196. The zero-order chi connectivity index (χ0) is 12.4. The molecule has 1 aromatic heterocycles. The Morgan fingerprint density at radius 1 is 1.11 bits per heavy atom. The molecule has 0 amide bonds. The van der Waals surface area contributed by atoms with Crippen molar-refractivity contribution in [2.45, 2.75) is 38.1 Å². The van der Waals surface area contributed by atoms with Gasteiger partial charge in [0.05, 0.1) is 0 Å². The predicted molar refractivity (Wildman–Crippen MR) is 76.4 cm³/mol. The normalized spacial score (nSPS) is 22.6. The number of hydrogen-bond acceptors (Lipinski definition) is 1. The second-order valence-corrected chi connectivity index (χ2v) is 6.98. The van der Waals surface area contributed by atoms with Crippen LogP contribution in [0, 0.1) is 0 Å². The monoisotopic (exact) mass is 307 g/mol. The molecule has 1 heterocycles. The van der Waals surface area contributed by atoms with E-state index in [2.05, 4.69) is 21.8 Å². The van der Waals surface area contributed by atoms with Crippen LogP contribution >= 0.6 is 0 Å². The van der Waals surface area contributed by atoms with Crippen molar-refractivity contribution in [2.75, 3.05) is 0 Å². The molecule has 0 radical (unpaired) electrons. The van der Waals surface area contributed by atoms with Gasteiger partial charge in [-0.05, 0) is 0 Å². The van der Waals surface area contributed by atoms with Crippen LogP contribution in [0.5, 0.6) is 0 Å². The Labute approximate surface area is 113 Å². The van der Waals surface area contributed by atoms with Crippen molar-refractivity contribution >= 4 is 24.4 Å². The summed E-state index contributed by atoms with van der Waals surface area (Å²) in [5.41, 5.74) is 0.264. The molecule has 1 aromatic carbocycles. The van der Waals surface area contributed by atoms with Gasteiger partial charge in [0.1, 0.15) is 0 Å². The number of aromatic nitrogens is 1. The van der Waals surface area contributed by atoms with E-state index < -0.39 is 0 Å². The maximum atomic E-state index is 12.4. The van der Waals surface area contributed by atoms with Crippen molar-refractivity contribution < 1.29 is 0 Å². The molecular weight excluding hydrogens is 289 g/mol. The van der Waals surface area contributed by atoms with Gasteiger partial charge in [0.15, 0.2) is 0 Å². The topological polar surface area (TPSA) is 22.0 Å². The number of benzene rings is 1. The summed E-state index contributed by atoms with van der Waals surface area (Å²) in [5, 5.41) is 0.940. The third kappa shape index (κ3) is 2.25. The molecule has 94 valence electrons. The van der Waals surface area contributed by atoms with E-state index in [1.54, 1.807) is 0 Å². The van der Waals surface area contributed by atoms with E-state index in [-0.39, 0.29) is 20.3 Å². The summed E-state index contributed by atoms with van der Waals surface area (Å²) >= 11 is 0.196. The van der Waals surface area contributed by atoms with Crippen LogP contribution < -0.4 is 5.56 Å². The maximum absolute atomic E-state index is 12.4. The molecule has 3 heteroatoms. The van der Waals surface area contributed by atoms with Crippen molar-refractivity contribution in [2.24, 2.45) is 0 Å². The summed E-state index contributed by atoms with van der Waals surface area (Å²) in [4.78, 5) is 12.4. The fourth-order valence-electron chi connectivity index (χ4n) is 2.60. The summed E-state index contributed by atoms with van der Waals surface area (Å²) in [6.07, 6.45) is 10.3. The van der Waals surface area contributed by atoms with Crippen molar-refractivity contribution in [3.05, 3.63) is 46.8 Å². The van der Waals surface area contributed by atoms with Crippen LogP contribution in [0.4, 0.5) is 0 Å². The second kappa shape index (κ2) is 5.29. The van der Waals surface area contributed by atoms with E-state index in [0.29, 0.717) is 6.04 Å². The number of allylic oxidation sites excluding steroid dienone is 2. The number of rotatable bonds is 1. The summed E-state index contributed by atoms with van der Waals surface area (Å²) in [7, 11) is 0. The van der Waals surface area contributed by atoms with Crippen LogP contribution in [0.2, 0.25) is 0 Å². The van der Waals surface area contributed by atoms with E-state index in [0.717, 1.165) is 24.6 Å². The molecule has 0 aliphatic heterocycles. The Balaban J connectivity index is 2.00. The Bertz CT molecular complexity index is 623. The first-order valence-corrected chi connectivity index (χ1v) is 8.24. The molecule has 1 aliphatic carbocycles. The second-order valence-electron chi connectivity index (χ2n) is 4.85. The number of hydrogen-bond donors (Lipinski definition) is 0. The molecule has 0 bridgehead atoms. The first kappa shape index (κ1) is 12.0.